The van der Waals surface area contributed by atoms with Gasteiger partial charge in [0, 0.05) is 47.7 Å². The number of rotatable bonds is 0. The second kappa shape index (κ2) is 97.6. The van der Waals surface area contributed by atoms with Crippen LogP contribution in [0, 0.1) is 84.8 Å². The van der Waals surface area contributed by atoms with E-state index in [1.165, 1.54) is 77.7 Å². The number of hydrogen-bond acceptors (Lipinski definition) is 6. The highest BCUT2D eigenvalue weighted by atomic mass is 32.1. The highest BCUT2D eigenvalue weighted by molar-refractivity contribution is 7.11. The molecule has 0 atom stereocenters. The van der Waals surface area contributed by atoms with Crippen LogP contribution < -0.4 is 5.32 Å². The fourth-order valence-corrected chi connectivity index (χ4v) is 6.74. The minimum Gasteiger partial charge on any atom is -0.388 e. The van der Waals surface area contributed by atoms with E-state index in [4.69, 9.17) is 10.1 Å². The molecule has 0 bridgehead atoms. The molecule has 570 valence electrons. The third kappa shape index (κ3) is 117. The van der Waals surface area contributed by atoms with Crippen molar-refractivity contribution >= 4 is 39.4 Å². The number of nitro groups is 1. The minimum absolute atomic E-state index is 0. The normalized spacial score (nSPS) is 7.77. The maximum atomic E-state index is 9.70. The zero-order chi connectivity index (χ0) is 73.8. The quantitative estimate of drug-likeness (QED) is 0.121. The number of amides is 1. The molecule has 0 aliphatic heterocycles. The van der Waals surface area contributed by atoms with Crippen molar-refractivity contribution in [2.75, 3.05) is 28.3 Å². The third-order valence-corrected chi connectivity index (χ3v) is 11.2. The third-order valence-electron chi connectivity index (χ3n) is 9.44. The smallest absolute Gasteiger partial charge is 0.216 e. The van der Waals surface area contributed by atoms with E-state index in [1.807, 2.05) is 176 Å². The van der Waals surface area contributed by atoms with E-state index in [9.17, 15) is 4.79 Å². The number of nitrogens with zero attached hydrogens (tertiary/aromatic N) is 1. The summed E-state index contributed by atoms with van der Waals surface area (Å²) in [5.41, 5.74) is 9.75. The zero-order valence-electron chi connectivity index (χ0n) is 64.4. The molecule has 0 spiro atoms. The van der Waals surface area contributed by atoms with E-state index in [0.29, 0.717) is 5.41 Å². The number of ether oxygens (including phenoxy) is 1. The lowest BCUT2D eigenvalue weighted by atomic mass is 10.0. The van der Waals surface area contributed by atoms with Gasteiger partial charge in [-0.15, -0.1) is 22.7 Å². The largest absolute Gasteiger partial charge is 0.388 e. The van der Waals surface area contributed by atoms with Gasteiger partial charge >= 0.3 is 0 Å². The first kappa shape index (κ1) is 125. The fraction of sp³-hybridized carbons (Fsp3) is 0.402. The van der Waals surface area contributed by atoms with Crippen molar-refractivity contribution in [1.29, 1.82) is 0 Å². The van der Waals surface area contributed by atoms with Crippen LogP contribution in [0.3, 0.4) is 0 Å². The first-order chi connectivity index (χ1) is 44.7. The fourth-order valence-electron chi connectivity index (χ4n) is 5.43. The van der Waals surface area contributed by atoms with Crippen molar-refractivity contribution in [2.24, 2.45) is 5.41 Å². The predicted molar refractivity (Wildman–Crippen MR) is 471 cm³/mol. The molecule has 0 fully saturated rings. The average molecular weight is 1420 g/mol. The summed E-state index contributed by atoms with van der Waals surface area (Å²) in [6.07, 6.45) is 1.25. The Hall–Kier alpha value is -7.75. The summed E-state index contributed by atoms with van der Waals surface area (Å²) in [5, 5.41) is 15.9. The summed E-state index contributed by atoms with van der Waals surface area (Å²) in [6.45, 7) is 51.4. The molecule has 0 unspecified atom stereocenters. The molecule has 2 heterocycles. The van der Waals surface area contributed by atoms with Gasteiger partial charge in [-0.25, -0.2) is 0 Å². The van der Waals surface area contributed by atoms with Gasteiger partial charge in [0.05, 0.1) is 0 Å². The SMILES string of the molecule is C.C.C.C.C.C.CC.CC.CC.CC.CC(C)(C)C.CCC.CNC(C)=O.COC.C[N+](=O)[O-].Cc1ccc(C)s1.Cc1ccc2ccccc2c1.Cc1ccccc1.Cc1ccccc1.Cc1ccccc1.Cc1ccccc1.Cc1ccccc1.Cc1ccccc1.Cc1cccs1. The summed E-state index contributed by atoms with van der Waals surface area (Å²) in [5.74, 6) is 0.00463. The molecule has 0 aliphatic rings. The van der Waals surface area contributed by atoms with E-state index in [1.54, 1.807) is 32.6 Å². The monoisotopic (exact) mass is 1420 g/mol. The number of hydrogen-bond donors (Lipinski definition) is 1. The molecule has 0 saturated heterocycles. The van der Waals surface area contributed by atoms with Gasteiger partial charge in [0.2, 0.25) is 5.91 Å². The Labute approximate surface area is 630 Å². The van der Waals surface area contributed by atoms with Gasteiger partial charge in [-0.1, -0.05) is 417 Å². The Morgan fingerprint density at radius 1 is 0.390 bits per heavy atom. The van der Waals surface area contributed by atoms with Crippen LogP contribution in [0.2, 0.25) is 0 Å². The highest BCUT2D eigenvalue weighted by Gasteiger charge is 1.95. The Morgan fingerprint density at radius 3 is 0.720 bits per heavy atom. The van der Waals surface area contributed by atoms with Crippen LogP contribution in [0.1, 0.15) is 208 Å². The summed E-state index contributed by atoms with van der Waals surface area (Å²) in [4.78, 5) is 22.2. The average Bonchev–Trinajstić information content (AvgIpc) is 1.04. The van der Waals surface area contributed by atoms with Crippen molar-refractivity contribution in [2.45, 2.75) is 224 Å². The predicted octanol–water partition coefficient (Wildman–Crippen LogP) is 30.8. The van der Waals surface area contributed by atoms with Crippen LogP contribution in [-0.2, 0) is 9.53 Å². The lowest BCUT2D eigenvalue weighted by molar-refractivity contribution is -0.445. The Bertz CT molecular complexity index is 2660. The molecule has 0 radical (unpaired) electrons. The van der Waals surface area contributed by atoms with Gasteiger partial charge in [0.15, 0.2) is 7.05 Å². The number of benzene rings is 8. The minimum atomic E-state index is -0.500. The van der Waals surface area contributed by atoms with Gasteiger partial charge < -0.3 is 10.1 Å². The number of methoxy groups -OCH3 is 1. The number of fused-ring (bicyclic) bond motifs is 1. The molecule has 0 aliphatic carbocycles. The topological polar surface area (TPSA) is 81.5 Å². The molecule has 0 saturated carbocycles. The molecular formula is C92H156N2O4S2. The van der Waals surface area contributed by atoms with E-state index in [2.05, 4.69) is 266 Å². The molecule has 1 amide bonds. The number of nitrogens with one attached hydrogen (secondary N) is 1. The molecule has 8 heteroatoms. The van der Waals surface area contributed by atoms with Crippen LogP contribution in [0.4, 0.5) is 0 Å². The first-order valence-electron chi connectivity index (χ1n) is 33.0. The number of aryl methyl sites for hydroxylation is 10. The summed E-state index contributed by atoms with van der Waals surface area (Å²) in [6, 6.07) is 84.9. The second-order valence-corrected chi connectivity index (χ2v) is 23.7. The van der Waals surface area contributed by atoms with Gasteiger partial charge in [0.25, 0.3) is 0 Å². The van der Waals surface area contributed by atoms with E-state index < -0.39 is 4.92 Å². The van der Waals surface area contributed by atoms with Crippen LogP contribution >= 0.6 is 22.7 Å². The Morgan fingerprint density at radius 2 is 0.590 bits per heavy atom. The molecule has 8 aromatic carbocycles. The summed E-state index contributed by atoms with van der Waals surface area (Å²) in [7, 11) is 5.74. The summed E-state index contributed by atoms with van der Waals surface area (Å²) >= 11 is 3.62. The number of thiophene rings is 2. The molecule has 10 rings (SSSR count). The van der Waals surface area contributed by atoms with Crippen LogP contribution in [0.15, 0.2) is 254 Å². The second-order valence-electron chi connectivity index (χ2n) is 21.0. The molecule has 10 aromatic rings. The first-order valence-corrected chi connectivity index (χ1v) is 34.7. The lowest BCUT2D eigenvalue weighted by Gasteiger charge is -2.05. The highest BCUT2D eigenvalue weighted by Crippen LogP contribution is 2.15. The standard InChI is InChI=1S/C11H10.6C7H8.C6H8S.C5H6S.C5H12.C3H7NO.C3H8.C2H6O.4C2H6.CH3NO2.6CH4/c1-9-6-7-10-4-2-3-5-11(10)8-9;6*1-7-5-3-2-4-6-7;1-5-3-4-6(2)7-5;1-5-3-2-4-6-5;1-5(2,3)4;1-3(5)4-2;2*1-3-2;4*1-2;1-2(3)4;;;;;;/h2-8H,1H3;6*2-6H,1H3;3-4H,1-2H3;2-4H,1H3;1-4H3;1-2H3,(H,4,5);3H2,1-2H3;1-2H3;4*1-2H3;1H3;6*1H4. The van der Waals surface area contributed by atoms with Gasteiger partial charge in [-0.2, -0.15) is 0 Å². The van der Waals surface area contributed by atoms with Gasteiger partial charge in [0.1, 0.15) is 0 Å². The molecule has 100 heavy (non-hydrogen) atoms. The summed E-state index contributed by atoms with van der Waals surface area (Å²) < 4.78 is 4.25. The van der Waals surface area contributed by atoms with Crippen molar-refractivity contribution in [1.82, 2.24) is 5.32 Å². The van der Waals surface area contributed by atoms with Crippen molar-refractivity contribution in [3.8, 4) is 0 Å². The van der Waals surface area contributed by atoms with Crippen molar-refractivity contribution in [3.05, 3.63) is 318 Å². The zero-order valence-corrected chi connectivity index (χ0v) is 66.0. The van der Waals surface area contributed by atoms with Crippen molar-refractivity contribution < 1.29 is 14.5 Å². The molecule has 1 N–H and O–H groups in total. The van der Waals surface area contributed by atoms with Gasteiger partial charge in [-0.05, 0) is 109 Å². The Kier molecular flexibility index (Phi) is 122. The van der Waals surface area contributed by atoms with Crippen LogP contribution in [0.5, 0.6) is 0 Å². The maximum Gasteiger partial charge on any atom is 0.216 e. The van der Waals surface area contributed by atoms with Gasteiger partial charge in [-0.3, -0.25) is 14.9 Å². The maximum absolute atomic E-state index is 9.70. The van der Waals surface area contributed by atoms with E-state index in [-0.39, 0.29) is 50.5 Å². The Balaban J connectivity index is -0.0000000662. The van der Waals surface area contributed by atoms with Crippen LogP contribution in [-0.4, -0.2) is 39.1 Å². The lowest BCUT2D eigenvalue weighted by Crippen LogP contribution is -2.11. The molecule has 6 nitrogen and oxygen atoms in total. The number of carbonyl (C=O) groups is 1. The van der Waals surface area contributed by atoms with Crippen LogP contribution in [0.25, 0.3) is 10.8 Å². The van der Waals surface area contributed by atoms with E-state index >= 15 is 0 Å². The molecule has 2 aromatic heterocycles. The van der Waals surface area contributed by atoms with Crippen molar-refractivity contribution in [3.63, 3.8) is 0 Å². The molecular weight excluding hydrogens is 1260 g/mol. The van der Waals surface area contributed by atoms with E-state index in [0.717, 1.165) is 7.05 Å². The number of carbonyl (C=O) groups excluding carboxylic acids is 1.